The number of nitrogens with two attached hydrogens (primary N) is 1. The number of nitrogen functional groups attached to an aromatic ring is 1. The second-order valence-electron chi connectivity index (χ2n) is 3.19. The molecule has 2 rings (SSSR count). The maximum Gasteiger partial charge on any atom is 0.141 e. The van der Waals surface area contributed by atoms with Crippen molar-refractivity contribution in [2.45, 2.75) is 0 Å². The zero-order chi connectivity index (χ0) is 10.8. The van der Waals surface area contributed by atoms with Crippen molar-refractivity contribution in [2.24, 2.45) is 12.8 Å². The molecule has 0 amide bonds. The molecule has 0 bridgehead atoms. The van der Waals surface area contributed by atoms with Gasteiger partial charge in [0.2, 0.25) is 0 Å². The molecule has 0 radical (unpaired) electrons. The lowest BCUT2D eigenvalue weighted by molar-refractivity contribution is 0.761. The van der Waals surface area contributed by atoms with Gasteiger partial charge in [-0.15, -0.1) is 0 Å². The van der Waals surface area contributed by atoms with E-state index < -0.39 is 0 Å². The number of pyridine rings is 1. The second kappa shape index (κ2) is 3.53. The number of hydrogen-bond donors (Lipinski definition) is 2. The van der Waals surface area contributed by atoms with Crippen molar-refractivity contribution in [1.82, 2.24) is 14.8 Å². The van der Waals surface area contributed by atoms with E-state index in [4.69, 9.17) is 11.1 Å². The monoisotopic (exact) mass is 201 g/mol. The molecule has 5 nitrogen and oxygen atoms in total. The first-order chi connectivity index (χ1) is 7.18. The zero-order valence-corrected chi connectivity index (χ0v) is 8.31. The van der Waals surface area contributed by atoms with Gasteiger partial charge in [0.15, 0.2) is 0 Å². The minimum absolute atomic E-state index is 0.0140. The Balaban J connectivity index is 2.48. The van der Waals surface area contributed by atoms with E-state index in [9.17, 15) is 0 Å². The number of nitrogens with zero attached hydrogens (tertiary/aromatic N) is 3. The Bertz CT molecular complexity index is 486. The SMILES string of the molecule is Cn1nc(-c2cccnc2)cc1C(=N)N. The van der Waals surface area contributed by atoms with Crippen molar-refractivity contribution in [2.75, 3.05) is 0 Å². The van der Waals surface area contributed by atoms with E-state index in [2.05, 4.69) is 10.1 Å². The molecule has 0 atom stereocenters. The molecule has 0 aromatic carbocycles. The molecule has 5 heteroatoms. The first kappa shape index (κ1) is 9.39. The van der Waals surface area contributed by atoms with Crippen LogP contribution in [0, 0.1) is 5.41 Å². The highest BCUT2D eigenvalue weighted by Crippen LogP contribution is 2.16. The van der Waals surface area contributed by atoms with Gasteiger partial charge in [-0.1, -0.05) is 0 Å². The third kappa shape index (κ3) is 1.71. The number of hydrogen-bond acceptors (Lipinski definition) is 3. The van der Waals surface area contributed by atoms with E-state index in [1.165, 1.54) is 0 Å². The number of nitrogens with one attached hydrogen (secondary N) is 1. The molecule has 0 saturated heterocycles. The van der Waals surface area contributed by atoms with Gasteiger partial charge < -0.3 is 5.73 Å². The predicted octanol–water partition coefficient (Wildman–Crippen LogP) is 0.766. The summed E-state index contributed by atoms with van der Waals surface area (Å²) in [7, 11) is 1.76. The summed E-state index contributed by atoms with van der Waals surface area (Å²) in [6.45, 7) is 0. The second-order valence-corrected chi connectivity index (χ2v) is 3.19. The van der Waals surface area contributed by atoms with E-state index >= 15 is 0 Å². The van der Waals surface area contributed by atoms with E-state index in [1.54, 1.807) is 30.2 Å². The summed E-state index contributed by atoms with van der Waals surface area (Å²) < 4.78 is 1.59. The van der Waals surface area contributed by atoms with Crippen LogP contribution in [0.4, 0.5) is 0 Å². The lowest BCUT2D eigenvalue weighted by atomic mass is 10.2. The Morgan fingerprint density at radius 1 is 1.53 bits per heavy atom. The highest BCUT2D eigenvalue weighted by Gasteiger charge is 2.08. The standard InChI is InChI=1S/C10H11N5/c1-15-9(10(11)12)5-8(14-15)7-3-2-4-13-6-7/h2-6H,1H3,(H3,11,12). The van der Waals surface area contributed by atoms with Crippen LogP contribution in [0.1, 0.15) is 5.69 Å². The Morgan fingerprint density at radius 3 is 2.87 bits per heavy atom. The van der Waals surface area contributed by atoms with Crippen LogP contribution in [0.2, 0.25) is 0 Å². The Hall–Kier alpha value is -2.17. The van der Waals surface area contributed by atoms with Gasteiger partial charge in [-0.3, -0.25) is 15.1 Å². The van der Waals surface area contributed by atoms with Crippen LogP contribution in [0.15, 0.2) is 30.6 Å². The first-order valence-corrected chi connectivity index (χ1v) is 4.47. The summed E-state index contributed by atoms with van der Waals surface area (Å²) in [5.74, 6) is 0.0140. The third-order valence-electron chi connectivity index (χ3n) is 2.11. The summed E-state index contributed by atoms with van der Waals surface area (Å²) in [6.07, 6.45) is 3.44. The van der Waals surface area contributed by atoms with E-state index in [-0.39, 0.29) is 5.84 Å². The Morgan fingerprint density at radius 2 is 2.33 bits per heavy atom. The molecule has 0 aliphatic rings. The zero-order valence-electron chi connectivity index (χ0n) is 8.31. The number of aromatic nitrogens is 3. The van der Waals surface area contributed by atoms with Gasteiger partial charge in [0.25, 0.3) is 0 Å². The summed E-state index contributed by atoms with van der Waals surface area (Å²) in [4.78, 5) is 4.01. The quantitative estimate of drug-likeness (QED) is 0.556. The molecule has 0 aliphatic carbocycles. The van der Waals surface area contributed by atoms with Gasteiger partial charge in [0.05, 0.1) is 5.69 Å². The van der Waals surface area contributed by atoms with Crippen molar-refractivity contribution in [3.8, 4) is 11.3 Å². The summed E-state index contributed by atoms with van der Waals surface area (Å²) in [5.41, 5.74) is 7.71. The minimum atomic E-state index is 0.0140. The molecule has 0 spiro atoms. The normalized spacial score (nSPS) is 10.2. The molecule has 2 aromatic rings. The summed E-state index contributed by atoms with van der Waals surface area (Å²) in [5, 5.41) is 11.6. The van der Waals surface area contributed by atoms with Gasteiger partial charge in [0.1, 0.15) is 11.5 Å². The van der Waals surface area contributed by atoms with Crippen LogP contribution in [0.3, 0.4) is 0 Å². The molecule has 3 N–H and O–H groups in total. The smallest absolute Gasteiger partial charge is 0.141 e. The molecule has 0 unspecified atom stereocenters. The lowest BCUT2D eigenvalue weighted by Gasteiger charge is -1.95. The van der Waals surface area contributed by atoms with Gasteiger partial charge >= 0.3 is 0 Å². The van der Waals surface area contributed by atoms with Crippen LogP contribution in [-0.4, -0.2) is 20.6 Å². The van der Waals surface area contributed by atoms with Crippen molar-refractivity contribution in [3.63, 3.8) is 0 Å². The fourth-order valence-corrected chi connectivity index (χ4v) is 1.37. The van der Waals surface area contributed by atoms with Crippen molar-refractivity contribution < 1.29 is 0 Å². The fourth-order valence-electron chi connectivity index (χ4n) is 1.37. The fraction of sp³-hybridized carbons (Fsp3) is 0.100. The van der Waals surface area contributed by atoms with Crippen LogP contribution in [0.5, 0.6) is 0 Å². The number of amidine groups is 1. The number of aryl methyl sites for hydroxylation is 1. The summed E-state index contributed by atoms with van der Waals surface area (Å²) in [6, 6.07) is 5.54. The molecule has 0 saturated carbocycles. The molecule has 15 heavy (non-hydrogen) atoms. The average molecular weight is 201 g/mol. The van der Waals surface area contributed by atoms with Crippen LogP contribution in [0.25, 0.3) is 11.3 Å². The number of rotatable bonds is 2. The van der Waals surface area contributed by atoms with Gasteiger partial charge in [-0.2, -0.15) is 5.10 Å². The van der Waals surface area contributed by atoms with Crippen molar-refractivity contribution in [1.29, 1.82) is 5.41 Å². The Kier molecular flexibility index (Phi) is 2.21. The highest BCUT2D eigenvalue weighted by atomic mass is 15.3. The summed E-state index contributed by atoms with van der Waals surface area (Å²) >= 11 is 0. The van der Waals surface area contributed by atoms with Crippen LogP contribution < -0.4 is 5.73 Å². The minimum Gasteiger partial charge on any atom is -0.382 e. The van der Waals surface area contributed by atoms with Crippen molar-refractivity contribution >= 4 is 5.84 Å². The molecule has 76 valence electrons. The van der Waals surface area contributed by atoms with E-state index in [1.807, 2.05) is 12.1 Å². The average Bonchev–Trinajstić information content (AvgIpc) is 2.62. The maximum atomic E-state index is 7.35. The molecular formula is C10H11N5. The maximum absolute atomic E-state index is 7.35. The first-order valence-electron chi connectivity index (χ1n) is 4.47. The van der Waals surface area contributed by atoms with Crippen molar-refractivity contribution in [3.05, 3.63) is 36.3 Å². The van der Waals surface area contributed by atoms with E-state index in [0.29, 0.717) is 5.69 Å². The van der Waals surface area contributed by atoms with Gasteiger partial charge in [-0.05, 0) is 18.2 Å². The van der Waals surface area contributed by atoms with Gasteiger partial charge in [-0.25, -0.2) is 0 Å². The third-order valence-corrected chi connectivity index (χ3v) is 2.11. The van der Waals surface area contributed by atoms with Gasteiger partial charge in [0, 0.05) is 25.0 Å². The highest BCUT2D eigenvalue weighted by molar-refractivity contribution is 5.94. The molecular weight excluding hydrogens is 190 g/mol. The Labute approximate surface area is 87.1 Å². The molecule has 0 fully saturated rings. The topological polar surface area (TPSA) is 80.6 Å². The largest absolute Gasteiger partial charge is 0.382 e. The molecule has 2 heterocycles. The lowest BCUT2D eigenvalue weighted by Crippen LogP contribution is -2.15. The predicted molar refractivity (Wildman–Crippen MR) is 57.5 cm³/mol. The molecule has 0 aliphatic heterocycles. The van der Waals surface area contributed by atoms with E-state index in [0.717, 1.165) is 11.3 Å². The van der Waals surface area contributed by atoms with Crippen LogP contribution in [-0.2, 0) is 7.05 Å². The molecule has 2 aromatic heterocycles. The van der Waals surface area contributed by atoms with Crippen LogP contribution >= 0.6 is 0 Å².